The van der Waals surface area contributed by atoms with Crippen molar-refractivity contribution in [2.45, 2.75) is 12.7 Å². The molecular formula is C25H27FN2O2. The molecule has 0 aliphatic carbocycles. The van der Waals surface area contributed by atoms with E-state index in [4.69, 9.17) is 4.74 Å². The van der Waals surface area contributed by atoms with Crippen LogP contribution in [-0.4, -0.2) is 42.7 Å². The Labute approximate surface area is 177 Å². The van der Waals surface area contributed by atoms with Crippen molar-refractivity contribution < 1.29 is 14.2 Å². The molecule has 5 heteroatoms. The number of hydrogen-bond acceptors (Lipinski definition) is 4. The maximum Gasteiger partial charge on any atom is 0.136 e. The van der Waals surface area contributed by atoms with E-state index in [1.165, 1.54) is 12.1 Å². The molecular weight excluding hydrogens is 379 g/mol. The van der Waals surface area contributed by atoms with E-state index in [-0.39, 0.29) is 18.5 Å². The number of para-hydroxylation sites is 1. The lowest BCUT2D eigenvalue weighted by molar-refractivity contribution is 0.128. The fourth-order valence-corrected chi connectivity index (χ4v) is 3.91. The summed E-state index contributed by atoms with van der Waals surface area (Å²) in [5.74, 6) is 0.402. The lowest BCUT2D eigenvalue weighted by atomic mass is 10.1. The second kappa shape index (κ2) is 9.74. The summed E-state index contributed by atoms with van der Waals surface area (Å²) < 4.78 is 19.5. The quantitative estimate of drug-likeness (QED) is 0.636. The molecule has 0 amide bonds. The molecule has 4 nitrogen and oxygen atoms in total. The van der Waals surface area contributed by atoms with Crippen LogP contribution in [0, 0.1) is 5.82 Å². The number of nitrogens with zero attached hydrogens (tertiary/aromatic N) is 2. The summed E-state index contributed by atoms with van der Waals surface area (Å²) in [6.45, 7) is 4.44. The highest BCUT2D eigenvalue weighted by atomic mass is 19.1. The molecule has 1 aliphatic rings. The smallest absolute Gasteiger partial charge is 0.136 e. The van der Waals surface area contributed by atoms with Crippen molar-refractivity contribution >= 4 is 5.69 Å². The summed E-state index contributed by atoms with van der Waals surface area (Å²) in [6, 6.07) is 24.4. The molecule has 0 saturated carbocycles. The molecule has 30 heavy (non-hydrogen) atoms. The van der Waals surface area contributed by atoms with Crippen molar-refractivity contribution in [3.05, 3.63) is 95.8 Å². The number of ether oxygens (including phenoxy) is 1. The summed E-state index contributed by atoms with van der Waals surface area (Å²) in [7, 11) is 0. The lowest BCUT2D eigenvalue weighted by Crippen LogP contribution is -2.48. The number of anilines is 1. The van der Waals surface area contributed by atoms with Crippen LogP contribution in [-0.2, 0) is 6.61 Å². The molecule has 1 fully saturated rings. The number of halogens is 1. The number of piperazine rings is 1. The first-order valence-electron chi connectivity index (χ1n) is 10.4. The van der Waals surface area contributed by atoms with Gasteiger partial charge in [0.2, 0.25) is 0 Å². The van der Waals surface area contributed by atoms with Gasteiger partial charge in [0.15, 0.2) is 0 Å². The van der Waals surface area contributed by atoms with Crippen molar-refractivity contribution in [2.24, 2.45) is 0 Å². The van der Waals surface area contributed by atoms with Gasteiger partial charge >= 0.3 is 0 Å². The average Bonchev–Trinajstić information content (AvgIpc) is 2.81. The van der Waals surface area contributed by atoms with E-state index in [0.29, 0.717) is 5.75 Å². The van der Waals surface area contributed by atoms with E-state index in [9.17, 15) is 9.50 Å². The zero-order chi connectivity index (χ0) is 20.8. The van der Waals surface area contributed by atoms with Crippen molar-refractivity contribution in [3.8, 4) is 5.75 Å². The summed E-state index contributed by atoms with van der Waals surface area (Å²) >= 11 is 0. The SMILES string of the molecule is OCc1ccccc1N1CCN(CC(Oc2ccc(F)cc2)c2ccccc2)CC1. The normalized spacial score (nSPS) is 15.7. The van der Waals surface area contributed by atoms with E-state index in [1.54, 1.807) is 12.1 Å². The minimum Gasteiger partial charge on any atom is -0.484 e. The zero-order valence-corrected chi connectivity index (χ0v) is 17.0. The van der Waals surface area contributed by atoms with Gasteiger partial charge in [0.05, 0.1) is 6.61 Å². The Morgan fingerprint density at radius 2 is 1.50 bits per heavy atom. The minimum absolute atomic E-state index is 0.0536. The third-order valence-electron chi connectivity index (χ3n) is 5.56. The molecule has 1 saturated heterocycles. The van der Waals surface area contributed by atoms with Crippen LogP contribution in [0.2, 0.25) is 0 Å². The molecule has 0 aromatic heterocycles. The summed E-state index contributed by atoms with van der Waals surface area (Å²) in [6.07, 6.45) is -0.132. The number of hydrogen-bond donors (Lipinski definition) is 1. The molecule has 3 aromatic rings. The van der Waals surface area contributed by atoms with Crippen LogP contribution in [0.15, 0.2) is 78.9 Å². The molecule has 3 aromatic carbocycles. The third-order valence-corrected chi connectivity index (χ3v) is 5.56. The monoisotopic (exact) mass is 406 g/mol. The number of aliphatic hydroxyl groups excluding tert-OH is 1. The Balaban J connectivity index is 1.43. The summed E-state index contributed by atoms with van der Waals surface area (Å²) in [5, 5.41) is 9.63. The minimum atomic E-state index is -0.266. The van der Waals surface area contributed by atoms with Crippen LogP contribution in [0.25, 0.3) is 0 Å². The van der Waals surface area contributed by atoms with E-state index < -0.39 is 0 Å². The lowest BCUT2D eigenvalue weighted by Gasteiger charge is -2.38. The number of benzene rings is 3. The van der Waals surface area contributed by atoms with Crippen LogP contribution in [0.5, 0.6) is 5.75 Å². The topological polar surface area (TPSA) is 35.9 Å². The van der Waals surface area contributed by atoms with Gasteiger partial charge in [-0.05, 0) is 35.9 Å². The van der Waals surface area contributed by atoms with Crippen LogP contribution in [0.4, 0.5) is 10.1 Å². The van der Waals surface area contributed by atoms with Gasteiger partial charge in [0.25, 0.3) is 0 Å². The Hall–Kier alpha value is -2.89. The van der Waals surface area contributed by atoms with Gasteiger partial charge in [-0.3, -0.25) is 4.90 Å². The fraction of sp³-hybridized carbons (Fsp3) is 0.280. The molecule has 1 N–H and O–H groups in total. The Bertz CT molecular complexity index is 925. The first-order valence-corrected chi connectivity index (χ1v) is 10.4. The van der Waals surface area contributed by atoms with Crippen molar-refractivity contribution in [1.82, 2.24) is 4.90 Å². The highest BCUT2D eigenvalue weighted by molar-refractivity contribution is 5.53. The van der Waals surface area contributed by atoms with Crippen molar-refractivity contribution in [2.75, 3.05) is 37.6 Å². The van der Waals surface area contributed by atoms with Gasteiger partial charge in [-0.1, -0.05) is 48.5 Å². The molecule has 0 radical (unpaired) electrons. The average molecular weight is 407 g/mol. The Morgan fingerprint density at radius 1 is 0.833 bits per heavy atom. The largest absolute Gasteiger partial charge is 0.484 e. The van der Waals surface area contributed by atoms with E-state index in [1.807, 2.05) is 36.4 Å². The first kappa shape index (κ1) is 20.4. The Kier molecular flexibility index (Phi) is 6.62. The molecule has 0 spiro atoms. The Morgan fingerprint density at radius 3 is 2.20 bits per heavy atom. The molecule has 4 rings (SSSR count). The predicted octanol–water partition coefficient (Wildman–Crippen LogP) is 4.26. The zero-order valence-electron chi connectivity index (χ0n) is 17.0. The molecule has 1 atom stereocenters. The summed E-state index contributed by atoms with van der Waals surface area (Å²) in [5.41, 5.74) is 3.18. The third kappa shape index (κ3) is 4.99. The highest BCUT2D eigenvalue weighted by Gasteiger charge is 2.23. The van der Waals surface area contributed by atoms with E-state index in [0.717, 1.165) is 49.5 Å². The van der Waals surface area contributed by atoms with Crippen molar-refractivity contribution in [1.29, 1.82) is 0 Å². The first-order chi connectivity index (χ1) is 14.7. The molecule has 1 unspecified atom stereocenters. The van der Waals surface area contributed by atoms with Gasteiger partial charge in [-0.2, -0.15) is 0 Å². The van der Waals surface area contributed by atoms with Crippen molar-refractivity contribution in [3.63, 3.8) is 0 Å². The van der Waals surface area contributed by atoms with Gasteiger partial charge in [0, 0.05) is 44.0 Å². The second-order valence-electron chi connectivity index (χ2n) is 7.55. The van der Waals surface area contributed by atoms with Gasteiger partial charge in [-0.25, -0.2) is 4.39 Å². The van der Waals surface area contributed by atoms with E-state index >= 15 is 0 Å². The van der Waals surface area contributed by atoms with Crippen LogP contribution in [0.3, 0.4) is 0 Å². The van der Waals surface area contributed by atoms with Crippen LogP contribution in [0.1, 0.15) is 17.2 Å². The predicted molar refractivity (Wildman–Crippen MR) is 117 cm³/mol. The fourth-order valence-electron chi connectivity index (χ4n) is 3.91. The van der Waals surface area contributed by atoms with Crippen LogP contribution >= 0.6 is 0 Å². The number of rotatable bonds is 7. The molecule has 0 bridgehead atoms. The van der Waals surface area contributed by atoms with Crippen LogP contribution < -0.4 is 9.64 Å². The maximum absolute atomic E-state index is 13.3. The molecule has 1 aliphatic heterocycles. The van der Waals surface area contributed by atoms with Gasteiger partial charge < -0.3 is 14.7 Å². The standard InChI is InChI=1S/C25H27FN2O2/c26-22-10-12-23(13-11-22)30-25(20-6-2-1-3-7-20)18-27-14-16-28(17-15-27)24-9-5-4-8-21(24)19-29/h1-13,25,29H,14-19H2. The van der Waals surface area contributed by atoms with Gasteiger partial charge in [0.1, 0.15) is 17.7 Å². The van der Waals surface area contributed by atoms with E-state index in [2.05, 4.69) is 28.0 Å². The number of aliphatic hydroxyl groups is 1. The van der Waals surface area contributed by atoms with Gasteiger partial charge in [-0.15, -0.1) is 0 Å². The molecule has 156 valence electrons. The second-order valence-corrected chi connectivity index (χ2v) is 7.55. The molecule has 1 heterocycles. The maximum atomic E-state index is 13.3. The highest BCUT2D eigenvalue weighted by Crippen LogP contribution is 2.26. The summed E-state index contributed by atoms with van der Waals surface area (Å²) in [4.78, 5) is 4.74.